The quantitative estimate of drug-likeness (QED) is 0.459. The molecule has 2 heterocycles. The van der Waals surface area contributed by atoms with Gasteiger partial charge >= 0.3 is 12.1 Å². The van der Waals surface area contributed by atoms with Gasteiger partial charge in [-0.05, 0) is 49.2 Å². The Kier molecular flexibility index (Phi) is 7.41. The first-order valence-corrected chi connectivity index (χ1v) is 10.2. The number of carbonyl (C=O) groups excluding carboxylic acids is 2. The maximum absolute atomic E-state index is 13.7. The van der Waals surface area contributed by atoms with Crippen LogP contribution in [-0.2, 0) is 9.59 Å². The highest BCUT2D eigenvalue weighted by atomic mass is 32.2. The molecule has 0 spiro atoms. The van der Waals surface area contributed by atoms with Gasteiger partial charge in [0.2, 0.25) is 0 Å². The van der Waals surface area contributed by atoms with Gasteiger partial charge in [0.25, 0.3) is 5.91 Å². The molecular weight excluding hydrogens is 415 g/mol. The van der Waals surface area contributed by atoms with Crippen LogP contribution in [0.4, 0.5) is 9.18 Å². The lowest BCUT2D eigenvalue weighted by molar-refractivity contribution is -0.137. The molecule has 0 radical (unpaired) electrons. The van der Waals surface area contributed by atoms with Gasteiger partial charge in [-0.1, -0.05) is 0 Å². The normalized spacial score (nSPS) is 17.8. The summed E-state index contributed by atoms with van der Waals surface area (Å²) in [5.41, 5.74) is 3.52. The van der Waals surface area contributed by atoms with Crippen LogP contribution in [0.2, 0.25) is 0 Å². The first-order chi connectivity index (χ1) is 14.4. The number of hydrogen-bond donors (Lipinski definition) is 3. The smallest absolute Gasteiger partial charge is 0.412 e. The van der Waals surface area contributed by atoms with E-state index in [1.807, 2.05) is 5.01 Å². The van der Waals surface area contributed by atoms with E-state index in [9.17, 15) is 18.8 Å². The number of hydrazine groups is 1. The third-order valence-corrected chi connectivity index (χ3v) is 5.26. The molecule has 0 atom stereocenters. The van der Waals surface area contributed by atoms with E-state index in [4.69, 9.17) is 9.84 Å². The number of aliphatic carboxylic acids is 1. The molecule has 2 aliphatic rings. The molecule has 0 unspecified atom stereocenters. The topological polar surface area (TPSA) is 120 Å². The van der Waals surface area contributed by atoms with Gasteiger partial charge in [-0.25, -0.2) is 14.6 Å². The molecule has 1 saturated heterocycles. The zero-order chi connectivity index (χ0) is 21.5. The maximum Gasteiger partial charge on any atom is 0.412 e. The number of hydrogen-bond acceptors (Lipinski definition) is 7. The van der Waals surface area contributed by atoms with Gasteiger partial charge in [-0.2, -0.15) is 4.99 Å². The Morgan fingerprint density at radius 1 is 1.40 bits per heavy atom. The Morgan fingerprint density at radius 3 is 2.97 bits per heavy atom. The zero-order valence-corrected chi connectivity index (χ0v) is 16.8. The standard InChI is InChI=1S/C19H21FN4O5S/c20-13-6-5-12(14(11-13)29-19(28)21-7-3-4-16(25)26)10-15-17(27)23-18(30-15)24-9-2-1-8-22-24/h5-6,10-11,22H,1-4,7-9H2,(H,21,28)(H,25,26)/b15-10-. The third-order valence-electron chi connectivity index (χ3n) is 4.25. The number of amides is 2. The molecule has 1 fully saturated rings. The van der Waals surface area contributed by atoms with E-state index in [1.165, 1.54) is 30.0 Å². The van der Waals surface area contributed by atoms with E-state index in [-0.39, 0.29) is 25.1 Å². The van der Waals surface area contributed by atoms with Crippen molar-refractivity contribution in [1.29, 1.82) is 0 Å². The van der Waals surface area contributed by atoms with Gasteiger partial charge in [0.1, 0.15) is 11.6 Å². The number of carboxylic acid groups (broad SMARTS) is 1. The lowest BCUT2D eigenvalue weighted by Crippen LogP contribution is -2.45. The highest BCUT2D eigenvalue weighted by Gasteiger charge is 2.27. The fraction of sp³-hybridized carbons (Fsp3) is 0.368. The Balaban J connectivity index is 1.67. The maximum atomic E-state index is 13.7. The summed E-state index contributed by atoms with van der Waals surface area (Å²) in [5, 5.41) is 13.4. The van der Waals surface area contributed by atoms with Crippen LogP contribution in [0.5, 0.6) is 5.75 Å². The largest absolute Gasteiger partial charge is 0.481 e. The van der Waals surface area contributed by atoms with E-state index >= 15 is 0 Å². The van der Waals surface area contributed by atoms with Gasteiger partial charge < -0.3 is 15.2 Å². The summed E-state index contributed by atoms with van der Waals surface area (Å²) < 4.78 is 18.8. The second kappa shape index (κ2) is 10.2. The molecule has 0 saturated carbocycles. The van der Waals surface area contributed by atoms with E-state index in [0.717, 1.165) is 32.0 Å². The molecule has 3 rings (SSSR count). The predicted octanol–water partition coefficient (Wildman–Crippen LogP) is 2.35. The van der Waals surface area contributed by atoms with Crippen molar-refractivity contribution in [2.45, 2.75) is 25.7 Å². The molecule has 9 nitrogen and oxygen atoms in total. The van der Waals surface area contributed by atoms with Crippen molar-refractivity contribution < 1.29 is 28.6 Å². The van der Waals surface area contributed by atoms with Crippen molar-refractivity contribution in [2.24, 2.45) is 4.99 Å². The minimum Gasteiger partial charge on any atom is -0.481 e. The van der Waals surface area contributed by atoms with Crippen LogP contribution in [0.15, 0.2) is 28.1 Å². The second-order valence-electron chi connectivity index (χ2n) is 6.57. The molecule has 0 aromatic heterocycles. The lowest BCUT2D eigenvalue weighted by Gasteiger charge is -2.28. The summed E-state index contributed by atoms with van der Waals surface area (Å²) in [6.07, 6.45) is 2.85. The molecule has 0 aliphatic carbocycles. The molecular formula is C19H21FN4O5S. The number of nitrogens with one attached hydrogen (secondary N) is 2. The van der Waals surface area contributed by atoms with Crippen molar-refractivity contribution in [1.82, 2.24) is 15.8 Å². The van der Waals surface area contributed by atoms with Crippen LogP contribution in [0.25, 0.3) is 6.08 Å². The van der Waals surface area contributed by atoms with Crippen molar-refractivity contribution in [3.8, 4) is 5.75 Å². The van der Waals surface area contributed by atoms with Gasteiger partial charge in [0.05, 0.1) is 4.91 Å². The van der Waals surface area contributed by atoms with Gasteiger partial charge in [-0.3, -0.25) is 14.6 Å². The third kappa shape index (κ3) is 6.04. The number of thioether (sulfide) groups is 1. The van der Waals surface area contributed by atoms with Crippen molar-refractivity contribution in [3.05, 3.63) is 34.5 Å². The van der Waals surface area contributed by atoms with E-state index in [0.29, 0.717) is 15.6 Å². The van der Waals surface area contributed by atoms with Crippen LogP contribution >= 0.6 is 11.8 Å². The molecule has 30 heavy (non-hydrogen) atoms. The van der Waals surface area contributed by atoms with Gasteiger partial charge in [0, 0.05) is 37.7 Å². The van der Waals surface area contributed by atoms with Crippen molar-refractivity contribution in [2.75, 3.05) is 19.6 Å². The fourth-order valence-electron chi connectivity index (χ4n) is 2.79. The molecule has 11 heteroatoms. The number of nitrogens with zero attached hydrogens (tertiary/aromatic N) is 2. The minimum atomic E-state index is -0.968. The van der Waals surface area contributed by atoms with Crippen LogP contribution in [0.1, 0.15) is 31.2 Å². The fourth-order valence-corrected chi connectivity index (χ4v) is 3.70. The Bertz CT molecular complexity index is 899. The molecule has 160 valence electrons. The molecule has 2 aliphatic heterocycles. The number of benzene rings is 1. The monoisotopic (exact) mass is 436 g/mol. The number of halogens is 1. The van der Waals surface area contributed by atoms with Crippen LogP contribution in [-0.4, -0.2) is 52.9 Å². The summed E-state index contributed by atoms with van der Waals surface area (Å²) in [7, 11) is 0. The Hall–Kier alpha value is -2.92. The second-order valence-corrected chi connectivity index (χ2v) is 7.58. The SMILES string of the molecule is O=C(O)CCCNC(=O)Oc1cc(F)ccc1/C=C1\SC(N2CCCCN2)=NC1=O. The molecule has 2 amide bonds. The molecule has 3 N–H and O–H groups in total. The number of ether oxygens (including phenoxy) is 1. The minimum absolute atomic E-state index is 0.0591. The number of rotatable bonds is 6. The highest BCUT2D eigenvalue weighted by Crippen LogP contribution is 2.32. The average Bonchev–Trinajstić information content (AvgIpc) is 3.08. The van der Waals surface area contributed by atoms with E-state index in [1.54, 1.807) is 0 Å². The highest BCUT2D eigenvalue weighted by molar-refractivity contribution is 8.18. The van der Waals surface area contributed by atoms with E-state index < -0.39 is 23.8 Å². The number of aliphatic imine (C=N–C) groups is 1. The zero-order valence-electron chi connectivity index (χ0n) is 16.0. The molecule has 1 aromatic rings. The average molecular weight is 436 g/mol. The van der Waals surface area contributed by atoms with E-state index in [2.05, 4.69) is 15.7 Å². The van der Waals surface area contributed by atoms with Crippen LogP contribution in [0.3, 0.4) is 0 Å². The first kappa shape index (κ1) is 21.8. The van der Waals surface area contributed by atoms with Crippen molar-refractivity contribution in [3.63, 3.8) is 0 Å². The summed E-state index contributed by atoms with van der Waals surface area (Å²) in [4.78, 5) is 39.1. The summed E-state index contributed by atoms with van der Waals surface area (Å²) in [6, 6.07) is 3.64. The Morgan fingerprint density at radius 2 is 2.23 bits per heavy atom. The number of amidine groups is 1. The molecule has 0 bridgehead atoms. The first-order valence-electron chi connectivity index (χ1n) is 9.43. The number of carboxylic acids is 1. The number of carbonyl (C=O) groups is 3. The lowest BCUT2D eigenvalue weighted by atomic mass is 10.2. The predicted molar refractivity (Wildman–Crippen MR) is 109 cm³/mol. The van der Waals surface area contributed by atoms with Crippen LogP contribution in [0, 0.1) is 5.82 Å². The van der Waals surface area contributed by atoms with Gasteiger partial charge in [-0.15, -0.1) is 0 Å². The summed E-state index contributed by atoms with van der Waals surface area (Å²) >= 11 is 1.19. The summed E-state index contributed by atoms with van der Waals surface area (Å²) in [6.45, 7) is 1.66. The summed E-state index contributed by atoms with van der Waals surface area (Å²) in [5.74, 6) is -2.05. The molecule has 1 aromatic carbocycles. The Labute approximate surface area is 176 Å². The van der Waals surface area contributed by atoms with Gasteiger partial charge in [0.15, 0.2) is 5.17 Å². The van der Waals surface area contributed by atoms with Crippen molar-refractivity contribution >= 4 is 41.0 Å². The van der Waals surface area contributed by atoms with Crippen LogP contribution < -0.4 is 15.5 Å².